The van der Waals surface area contributed by atoms with E-state index in [1.807, 2.05) is 12.1 Å². The summed E-state index contributed by atoms with van der Waals surface area (Å²) < 4.78 is 22.9. The summed E-state index contributed by atoms with van der Waals surface area (Å²) in [5.74, 6) is 0.952. The fraction of sp³-hybridized carbons (Fsp3) is 0.250. The van der Waals surface area contributed by atoms with Crippen molar-refractivity contribution in [1.29, 1.82) is 0 Å². The number of fused-ring (bicyclic) bond motifs is 1. The topological polar surface area (TPSA) is 34.1 Å². The Bertz CT molecular complexity index is 395. The molecule has 64 valence electrons. The second kappa shape index (κ2) is 2.78. The molecule has 0 spiro atoms. The number of sulfone groups is 1. The van der Waals surface area contributed by atoms with Crippen molar-refractivity contribution < 1.29 is 8.42 Å². The number of hydrogen-bond acceptors (Lipinski definition) is 3. The highest BCUT2D eigenvalue weighted by Crippen LogP contribution is 2.31. The monoisotopic (exact) mass is 200 g/mol. The maximum atomic E-state index is 11.5. The first kappa shape index (κ1) is 8.13. The minimum atomic E-state index is -2.96. The van der Waals surface area contributed by atoms with E-state index in [1.54, 1.807) is 23.9 Å². The van der Waals surface area contributed by atoms with Crippen LogP contribution in [-0.4, -0.2) is 19.9 Å². The average Bonchev–Trinajstić information content (AvgIpc) is 2.04. The lowest BCUT2D eigenvalue weighted by atomic mass is 10.4. The summed E-state index contributed by atoms with van der Waals surface area (Å²) >= 11 is 1.61. The van der Waals surface area contributed by atoms with Gasteiger partial charge in [-0.25, -0.2) is 8.42 Å². The molecule has 1 aliphatic heterocycles. The Labute approximate surface area is 75.9 Å². The summed E-state index contributed by atoms with van der Waals surface area (Å²) in [5, 5.41) is 0. The lowest BCUT2D eigenvalue weighted by Crippen LogP contribution is -2.14. The summed E-state index contributed by atoms with van der Waals surface area (Å²) in [6.07, 6.45) is 0. The van der Waals surface area contributed by atoms with Crippen LogP contribution in [0.15, 0.2) is 34.1 Å². The van der Waals surface area contributed by atoms with Gasteiger partial charge in [-0.15, -0.1) is 11.8 Å². The third-order valence-electron chi connectivity index (χ3n) is 1.79. The summed E-state index contributed by atoms with van der Waals surface area (Å²) in [6.45, 7) is 0. The second-order valence-electron chi connectivity index (χ2n) is 2.61. The van der Waals surface area contributed by atoms with Gasteiger partial charge in [-0.1, -0.05) is 12.1 Å². The van der Waals surface area contributed by atoms with Gasteiger partial charge in [0.05, 0.1) is 10.6 Å². The van der Waals surface area contributed by atoms with E-state index in [9.17, 15) is 8.42 Å². The van der Waals surface area contributed by atoms with Gasteiger partial charge in [-0.2, -0.15) is 0 Å². The van der Waals surface area contributed by atoms with Crippen molar-refractivity contribution in [3.05, 3.63) is 24.3 Å². The predicted molar refractivity (Wildman–Crippen MR) is 49.2 cm³/mol. The van der Waals surface area contributed by atoms with Crippen LogP contribution >= 0.6 is 11.8 Å². The van der Waals surface area contributed by atoms with Crippen LogP contribution in [0, 0.1) is 0 Å². The lowest BCUT2D eigenvalue weighted by Gasteiger charge is -2.14. The quantitative estimate of drug-likeness (QED) is 0.637. The number of thioether (sulfide) groups is 1. The molecular formula is C8H8O2S2. The van der Waals surface area contributed by atoms with Gasteiger partial charge in [0, 0.05) is 10.6 Å². The molecule has 1 aliphatic rings. The molecule has 12 heavy (non-hydrogen) atoms. The van der Waals surface area contributed by atoms with Crippen LogP contribution in [0.4, 0.5) is 0 Å². The van der Waals surface area contributed by atoms with Gasteiger partial charge in [0.1, 0.15) is 0 Å². The standard InChI is InChI=1S/C8H8O2S2/c9-12(10)6-5-11-7-3-1-2-4-8(7)12/h1-4H,5-6H2. The molecule has 0 saturated heterocycles. The molecule has 0 N–H and O–H groups in total. The van der Waals surface area contributed by atoms with Crippen LogP contribution in [0.25, 0.3) is 0 Å². The van der Waals surface area contributed by atoms with E-state index >= 15 is 0 Å². The fourth-order valence-corrected chi connectivity index (χ4v) is 4.45. The maximum absolute atomic E-state index is 11.5. The van der Waals surface area contributed by atoms with Crippen molar-refractivity contribution in [1.82, 2.24) is 0 Å². The highest BCUT2D eigenvalue weighted by molar-refractivity contribution is 8.02. The largest absolute Gasteiger partial charge is 0.224 e. The molecule has 0 amide bonds. The molecule has 1 aromatic carbocycles. The first-order chi connectivity index (χ1) is 5.70. The van der Waals surface area contributed by atoms with Crippen molar-refractivity contribution in [2.75, 3.05) is 11.5 Å². The van der Waals surface area contributed by atoms with Crippen LogP contribution in [0.1, 0.15) is 0 Å². The Morgan fingerprint density at radius 3 is 2.75 bits per heavy atom. The molecule has 0 saturated carbocycles. The zero-order chi connectivity index (χ0) is 8.60. The number of hydrogen-bond donors (Lipinski definition) is 0. The van der Waals surface area contributed by atoms with Gasteiger partial charge >= 0.3 is 0 Å². The molecule has 1 heterocycles. The maximum Gasteiger partial charge on any atom is 0.180 e. The normalized spacial score (nSPS) is 20.0. The Morgan fingerprint density at radius 1 is 1.25 bits per heavy atom. The molecule has 0 bridgehead atoms. The third kappa shape index (κ3) is 1.25. The molecule has 0 aliphatic carbocycles. The zero-order valence-corrected chi connectivity index (χ0v) is 7.99. The van der Waals surface area contributed by atoms with Gasteiger partial charge in [-0.05, 0) is 12.1 Å². The molecule has 0 fully saturated rings. The Kier molecular flexibility index (Phi) is 1.88. The van der Waals surface area contributed by atoms with Crippen LogP contribution in [0.2, 0.25) is 0 Å². The molecule has 4 heteroatoms. The van der Waals surface area contributed by atoms with Crippen molar-refractivity contribution in [2.24, 2.45) is 0 Å². The Morgan fingerprint density at radius 2 is 2.00 bits per heavy atom. The number of rotatable bonds is 0. The molecular weight excluding hydrogens is 192 g/mol. The summed E-state index contributed by atoms with van der Waals surface area (Å²) in [5.41, 5.74) is 0. The van der Waals surface area contributed by atoms with E-state index in [2.05, 4.69) is 0 Å². The van der Waals surface area contributed by atoms with E-state index in [4.69, 9.17) is 0 Å². The lowest BCUT2D eigenvalue weighted by molar-refractivity contribution is 0.594. The van der Waals surface area contributed by atoms with Crippen molar-refractivity contribution in [2.45, 2.75) is 9.79 Å². The molecule has 0 aromatic heterocycles. The highest BCUT2D eigenvalue weighted by atomic mass is 32.2. The molecule has 2 rings (SSSR count). The van der Waals surface area contributed by atoms with Crippen LogP contribution < -0.4 is 0 Å². The first-order valence-electron chi connectivity index (χ1n) is 3.65. The molecule has 2 nitrogen and oxygen atoms in total. The predicted octanol–water partition coefficient (Wildman–Crippen LogP) is 1.57. The summed E-state index contributed by atoms with van der Waals surface area (Å²) in [6, 6.07) is 7.17. The van der Waals surface area contributed by atoms with Gasteiger partial charge < -0.3 is 0 Å². The Balaban J connectivity index is 2.67. The van der Waals surface area contributed by atoms with E-state index in [0.29, 0.717) is 10.6 Å². The van der Waals surface area contributed by atoms with E-state index < -0.39 is 9.84 Å². The van der Waals surface area contributed by atoms with Gasteiger partial charge in [0.15, 0.2) is 9.84 Å². The van der Waals surface area contributed by atoms with E-state index in [-0.39, 0.29) is 5.75 Å². The van der Waals surface area contributed by atoms with Crippen molar-refractivity contribution in [3.8, 4) is 0 Å². The minimum Gasteiger partial charge on any atom is -0.224 e. The summed E-state index contributed by atoms with van der Waals surface area (Å²) in [7, 11) is -2.96. The SMILES string of the molecule is O=S1(=O)CCSc2ccccc21. The van der Waals surface area contributed by atoms with Crippen molar-refractivity contribution >= 4 is 21.6 Å². The first-order valence-corrected chi connectivity index (χ1v) is 6.28. The fourth-order valence-electron chi connectivity index (χ4n) is 1.20. The molecule has 0 atom stereocenters. The minimum absolute atomic E-state index is 0.272. The van der Waals surface area contributed by atoms with Crippen LogP contribution in [0.5, 0.6) is 0 Å². The second-order valence-corrected chi connectivity index (χ2v) is 5.83. The van der Waals surface area contributed by atoms with Gasteiger partial charge in [-0.3, -0.25) is 0 Å². The van der Waals surface area contributed by atoms with Gasteiger partial charge in [0.2, 0.25) is 0 Å². The van der Waals surface area contributed by atoms with E-state index in [1.165, 1.54) is 0 Å². The van der Waals surface area contributed by atoms with Crippen molar-refractivity contribution in [3.63, 3.8) is 0 Å². The molecule has 0 unspecified atom stereocenters. The highest BCUT2D eigenvalue weighted by Gasteiger charge is 2.22. The molecule has 1 aromatic rings. The van der Waals surface area contributed by atoms with Gasteiger partial charge in [0.25, 0.3) is 0 Å². The van der Waals surface area contributed by atoms with Crippen LogP contribution in [0.3, 0.4) is 0 Å². The zero-order valence-electron chi connectivity index (χ0n) is 6.36. The smallest absolute Gasteiger partial charge is 0.180 e. The van der Waals surface area contributed by atoms with Crippen LogP contribution in [-0.2, 0) is 9.84 Å². The third-order valence-corrected chi connectivity index (χ3v) is 5.02. The number of benzene rings is 1. The molecule has 0 radical (unpaired) electrons. The average molecular weight is 200 g/mol. The Hall–Kier alpha value is -0.480. The van der Waals surface area contributed by atoms with E-state index in [0.717, 1.165) is 4.90 Å². The summed E-state index contributed by atoms with van der Waals surface area (Å²) in [4.78, 5) is 1.39.